The summed E-state index contributed by atoms with van der Waals surface area (Å²) in [5, 5.41) is 0. The number of carbonyl (C=O) groups is 1. The first-order valence-electron chi connectivity index (χ1n) is 6.34. The predicted octanol–water partition coefficient (Wildman–Crippen LogP) is 3.05. The van der Waals surface area contributed by atoms with E-state index in [1.54, 1.807) is 0 Å². The largest absolute Gasteiger partial charge is 0.293 e. The molecule has 1 fully saturated rings. The average Bonchev–Trinajstić information content (AvgIpc) is 2.59. The molecule has 0 spiro atoms. The van der Waals surface area contributed by atoms with E-state index in [-0.39, 0.29) is 11.3 Å². The lowest BCUT2D eigenvalue weighted by Crippen LogP contribution is -2.41. The molecule has 0 bridgehead atoms. The molecule has 92 valence electrons. The molecule has 0 aliphatic carbocycles. The van der Waals surface area contributed by atoms with E-state index in [2.05, 4.69) is 18.7 Å². The van der Waals surface area contributed by atoms with Crippen LogP contribution in [0.4, 0.5) is 0 Å². The van der Waals surface area contributed by atoms with Gasteiger partial charge in [-0.3, -0.25) is 9.69 Å². The summed E-state index contributed by atoms with van der Waals surface area (Å²) >= 11 is 0. The smallest absolute Gasteiger partial charge is 0.177 e. The number of likely N-dealkylation sites (tertiary alicyclic amines) is 1. The Labute approximate surface area is 104 Å². The number of hydrogen-bond acceptors (Lipinski definition) is 2. The van der Waals surface area contributed by atoms with Crippen LogP contribution in [0.15, 0.2) is 24.3 Å². The van der Waals surface area contributed by atoms with Gasteiger partial charge in [-0.1, -0.05) is 24.3 Å². The molecule has 1 heterocycles. The highest BCUT2D eigenvalue weighted by Crippen LogP contribution is 2.28. The van der Waals surface area contributed by atoms with E-state index < -0.39 is 0 Å². The summed E-state index contributed by atoms with van der Waals surface area (Å²) in [5.41, 5.74) is 2.13. The van der Waals surface area contributed by atoms with E-state index in [1.807, 2.05) is 31.2 Å². The lowest BCUT2D eigenvalue weighted by Gasteiger charge is -2.30. The van der Waals surface area contributed by atoms with Crippen molar-refractivity contribution in [3.05, 3.63) is 35.4 Å². The van der Waals surface area contributed by atoms with Crippen molar-refractivity contribution in [2.45, 2.75) is 39.2 Å². The summed E-state index contributed by atoms with van der Waals surface area (Å²) in [4.78, 5) is 14.6. The van der Waals surface area contributed by atoms with Crippen LogP contribution in [0.5, 0.6) is 0 Å². The molecule has 1 aromatic rings. The molecule has 0 N–H and O–H groups in total. The fraction of sp³-hybridized carbons (Fsp3) is 0.533. The van der Waals surface area contributed by atoms with E-state index in [4.69, 9.17) is 0 Å². The number of Topliss-reactive ketones (excluding diaryl/α,β-unsaturated/α-hetero) is 1. The highest BCUT2D eigenvalue weighted by Gasteiger charge is 2.33. The van der Waals surface area contributed by atoms with Crippen molar-refractivity contribution < 1.29 is 4.79 Å². The van der Waals surface area contributed by atoms with E-state index in [1.165, 1.54) is 12.8 Å². The van der Waals surface area contributed by atoms with E-state index in [0.717, 1.165) is 17.7 Å². The summed E-state index contributed by atoms with van der Waals surface area (Å²) in [6.07, 6.45) is 2.39. The van der Waals surface area contributed by atoms with Crippen LogP contribution in [-0.2, 0) is 0 Å². The number of rotatable bonds is 3. The molecule has 0 amide bonds. The van der Waals surface area contributed by atoms with Crippen molar-refractivity contribution in [2.24, 2.45) is 0 Å². The van der Waals surface area contributed by atoms with Crippen LogP contribution in [0.3, 0.4) is 0 Å². The van der Waals surface area contributed by atoms with Crippen molar-refractivity contribution in [1.82, 2.24) is 4.90 Å². The number of aryl methyl sites for hydroxylation is 1. The number of hydrogen-bond donors (Lipinski definition) is 0. The normalized spacial score (nSPS) is 19.5. The fourth-order valence-electron chi connectivity index (χ4n) is 2.60. The van der Waals surface area contributed by atoms with Gasteiger partial charge in [-0.2, -0.15) is 0 Å². The first-order valence-corrected chi connectivity index (χ1v) is 6.34. The maximum atomic E-state index is 12.3. The van der Waals surface area contributed by atoms with Gasteiger partial charge < -0.3 is 0 Å². The minimum Gasteiger partial charge on any atom is -0.293 e. The third-order valence-corrected chi connectivity index (χ3v) is 3.85. The summed E-state index contributed by atoms with van der Waals surface area (Å²) < 4.78 is 0. The van der Waals surface area contributed by atoms with Gasteiger partial charge in [0.1, 0.15) is 0 Å². The van der Waals surface area contributed by atoms with Gasteiger partial charge in [0.15, 0.2) is 5.78 Å². The second-order valence-electron chi connectivity index (χ2n) is 5.58. The van der Waals surface area contributed by atoms with E-state index in [9.17, 15) is 4.79 Å². The number of ketones is 1. The molecule has 2 rings (SSSR count). The van der Waals surface area contributed by atoms with Gasteiger partial charge in [0.25, 0.3) is 0 Å². The highest BCUT2D eigenvalue weighted by atomic mass is 16.1. The Morgan fingerprint density at radius 1 is 1.35 bits per heavy atom. The van der Waals surface area contributed by atoms with Gasteiger partial charge in [-0.25, -0.2) is 0 Å². The average molecular weight is 231 g/mol. The van der Waals surface area contributed by atoms with Crippen LogP contribution in [0.1, 0.15) is 42.6 Å². The second-order valence-corrected chi connectivity index (χ2v) is 5.58. The molecule has 17 heavy (non-hydrogen) atoms. The Balaban J connectivity index is 2.10. The van der Waals surface area contributed by atoms with Crippen LogP contribution < -0.4 is 0 Å². The van der Waals surface area contributed by atoms with Crippen LogP contribution in [-0.4, -0.2) is 29.3 Å². The Morgan fingerprint density at radius 3 is 2.65 bits per heavy atom. The maximum absolute atomic E-state index is 12.3. The Hall–Kier alpha value is -1.15. The molecular weight excluding hydrogens is 210 g/mol. The Bertz CT molecular complexity index is 423. The standard InChI is InChI=1S/C15H21NO/c1-12-7-4-5-8-13(12)14(17)11-16-10-6-9-15(16,2)3/h4-5,7-8H,6,9-11H2,1-3H3. The molecule has 0 atom stereocenters. The zero-order valence-electron chi connectivity index (χ0n) is 11.0. The Kier molecular flexibility index (Phi) is 3.34. The zero-order chi connectivity index (χ0) is 12.5. The third kappa shape index (κ3) is 2.58. The molecular formula is C15H21NO. The summed E-state index contributed by atoms with van der Waals surface area (Å²) in [6.45, 7) is 8.06. The van der Waals surface area contributed by atoms with Gasteiger partial charge in [0, 0.05) is 11.1 Å². The lowest BCUT2D eigenvalue weighted by atomic mass is 10.0. The molecule has 0 unspecified atom stereocenters. The van der Waals surface area contributed by atoms with Gasteiger partial charge >= 0.3 is 0 Å². The van der Waals surface area contributed by atoms with Gasteiger partial charge in [0.2, 0.25) is 0 Å². The fourth-order valence-corrected chi connectivity index (χ4v) is 2.60. The van der Waals surface area contributed by atoms with Crippen molar-refractivity contribution in [3.63, 3.8) is 0 Å². The predicted molar refractivity (Wildman–Crippen MR) is 70.4 cm³/mol. The molecule has 0 aromatic heterocycles. The first-order chi connectivity index (χ1) is 8.00. The molecule has 2 heteroatoms. The van der Waals surface area contributed by atoms with Gasteiger partial charge in [0.05, 0.1) is 6.54 Å². The van der Waals surface area contributed by atoms with Crippen LogP contribution >= 0.6 is 0 Å². The molecule has 1 aliphatic heterocycles. The van der Waals surface area contributed by atoms with Crippen LogP contribution in [0.25, 0.3) is 0 Å². The topological polar surface area (TPSA) is 20.3 Å². The maximum Gasteiger partial charge on any atom is 0.177 e. The highest BCUT2D eigenvalue weighted by molar-refractivity contribution is 5.98. The van der Waals surface area contributed by atoms with Crippen molar-refractivity contribution in [2.75, 3.05) is 13.1 Å². The molecule has 0 saturated carbocycles. The second kappa shape index (κ2) is 4.61. The van der Waals surface area contributed by atoms with Crippen molar-refractivity contribution in [1.29, 1.82) is 0 Å². The quantitative estimate of drug-likeness (QED) is 0.745. The number of nitrogens with zero attached hydrogens (tertiary/aromatic N) is 1. The van der Waals surface area contributed by atoms with E-state index in [0.29, 0.717) is 6.54 Å². The van der Waals surface area contributed by atoms with Gasteiger partial charge in [-0.15, -0.1) is 0 Å². The zero-order valence-corrected chi connectivity index (χ0v) is 11.0. The number of benzene rings is 1. The third-order valence-electron chi connectivity index (χ3n) is 3.85. The SMILES string of the molecule is Cc1ccccc1C(=O)CN1CCCC1(C)C. The summed E-state index contributed by atoms with van der Waals surface area (Å²) in [7, 11) is 0. The monoisotopic (exact) mass is 231 g/mol. The summed E-state index contributed by atoms with van der Waals surface area (Å²) in [5.74, 6) is 0.248. The van der Waals surface area contributed by atoms with Crippen LogP contribution in [0.2, 0.25) is 0 Å². The molecule has 0 radical (unpaired) electrons. The molecule has 1 aromatic carbocycles. The molecule has 1 saturated heterocycles. The molecule has 2 nitrogen and oxygen atoms in total. The van der Waals surface area contributed by atoms with Crippen LogP contribution in [0, 0.1) is 6.92 Å². The van der Waals surface area contributed by atoms with Crippen molar-refractivity contribution >= 4 is 5.78 Å². The number of carbonyl (C=O) groups excluding carboxylic acids is 1. The minimum atomic E-state index is 0.179. The lowest BCUT2D eigenvalue weighted by molar-refractivity contribution is 0.0871. The summed E-state index contributed by atoms with van der Waals surface area (Å²) in [6, 6.07) is 7.85. The minimum absolute atomic E-state index is 0.179. The first kappa shape index (κ1) is 12.3. The van der Waals surface area contributed by atoms with Crippen molar-refractivity contribution in [3.8, 4) is 0 Å². The Morgan fingerprint density at radius 2 is 2.06 bits per heavy atom. The van der Waals surface area contributed by atoms with Gasteiger partial charge in [-0.05, 0) is 45.7 Å². The molecule has 1 aliphatic rings. The van der Waals surface area contributed by atoms with E-state index >= 15 is 0 Å².